The second-order valence-electron chi connectivity index (χ2n) is 6.69. The Hall–Kier alpha value is -3.42. The first-order chi connectivity index (χ1) is 15.1. The van der Waals surface area contributed by atoms with Crippen LogP contribution >= 0.6 is 24.0 Å². The summed E-state index contributed by atoms with van der Waals surface area (Å²) < 4.78 is 6.42. The number of thioether (sulfide) groups is 1. The van der Waals surface area contributed by atoms with Crippen LogP contribution in [0, 0.1) is 0 Å². The third-order valence-corrected chi connectivity index (χ3v) is 5.66. The summed E-state index contributed by atoms with van der Waals surface area (Å²) in [6, 6.07) is 24.0. The first kappa shape index (κ1) is 20.8. The quantitative estimate of drug-likeness (QED) is 0.412. The third-order valence-electron chi connectivity index (χ3n) is 4.49. The smallest absolute Gasteiger partial charge is 0.263 e. The van der Waals surface area contributed by atoms with Crippen LogP contribution in [0.5, 0.6) is 5.75 Å². The largest absolute Gasteiger partial charge is 0.489 e. The molecule has 3 aromatic carbocycles. The summed E-state index contributed by atoms with van der Waals surface area (Å²) >= 11 is 6.26. The van der Waals surface area contributed by atoms with Crippen molar-refractivity contribution in [3.05, 3.63) is 100 Å². The highest BCUT2D eigenvalue weighted by Crippen LogP contribution is 2.27. The van der Waals surface area contributed by atoms with Crippen LogP contribution in [-0.4, -0.2) is 16.1 Å². The van der Waals surface area contributed by atoms with Crippen LogP contribution < -0.4 is 15.4 Å². The van der Waals surface area contributed by atoms with E-state index < -0.39 is 0 Å². The molecule has 0 atom stereocenters. The van der Waals surface area contributed by atoms with E-state index in [1.807, 2.05) is 66.7 Å². The molecule has 4 rings (SSSR count). The monoisotopic (exact) mass is 446 g/mol. The van der Waals surface area contributed by atoms with Gasteiger partial charge in [-0.2, -0.15) is 0 Å². The van der Waals surface area contributed by atoms with Crippen molar-refractivity contribution in [2.24, 2.45) is 0 Å². The lowest BCUT2D eigenvalue weighted by molar-refractivity contribution is -0.115. The average Bonchev–Trinajstić information content (AvgIpc) is 3.10. The number of thiocarbonyl (C=S) groups is 1. The van der Waals surface area contributed by atoms with Crippen LogP contribution in [0.1, 0.15) is 21.5 Å². The zero-order valence-electron chi connectivity index (χ0n) is 16.3. The van der Waals surface area contributed by atoms with Crippen molar-refractivity contribution < 1.29 is 14.3 Å². The van der Waals surface area contributed by atoms with E-state index in [1.165, 1.54) is 11.8 Å². The van der Waals surface area contributed by atoms with Crippen LogP contribution in [0.4, 0.5) is 5.69 Å². The van der Waals surface area contributed by atoms with Crippen molar-refractivity contribution in [3.8, 4) is 5.75 Å². The van der Waals surface area contributed by atoms with Gasteiger partial charge in [0.1, 0.15) is 16.7 Å². The van der Waals surface area contributed by atoms with Gasteiger partial charge in [-0.1, -0.05) is 72.5 Å². The van der Waals surface area contributed by atoms with E-state index >= 15 is 0 Å². The molecule has 5 nitrogen and oxygen atoms in total. The molecule has 1 aliphatic rings. The second kappa shape index (κ2) is 9.59. The van der Waals surface area contributed by atoms with E-state index in [9.17, 15) is 9.59 Å². The van der Waals surface area contributed by atoms with Gasteiger partial charge in [0, 0.05) is 16.8 Å². The SMILES string of the molecule is O=C1NC(=S)SC1=Cc1cccc(OCc2ccccc2NC(=O)c2ccccc2)c1. The van der Waals surface area contributed by atoms with E-state index in [0.29, 0.717) is 26.2 Å². The molecule has 0 aliphatic carbocycles. The van der Waals surface area contributed by atoms with E-state index in [0.717, 1.165) is 11.1 Å². The second-order valence-corrected chi connectivity index (χ2v) is 8.41. The lowest BCUT2D eigenvalue weighted by Crippen LogP contribution is -2.17. The first-order valence-electron chi connectivity index (χ1n) is 9.50. The Kier molecular flexibility index (Phi) is 6.45. The van der Waals surface area contributed by atoms with Gasteiger partial charge in [-0.05, 0) is 42.0 Å². The molecule has 0 saturated carbocycles. The summed E-state index contributed by atoms with van der Waals surface area (Å²) in [5.74, 6) is 0.292. The fraction of sp³-hybridized carbons (Fsp3) is 0.0417. The zero-order valence-corrected chi connectivity index (χ0v) is 18.0. The molecule has 0 aromatic heterocycles. The molecule has 0 bridgehead atoms. The zero-order chi connectivity index (χ0) is 21.6. The molecule has 2 amide bonds. The van der Waals surface area contributed by atoms with Crippen LogP contribution in [0.3, 0.4) is 0 Å². The molecule has 154 valence electrons. The van der Waals surface area contributed by atoms with E-state index in [2.05, 4.69) is 10.6 Å². The van der Waals surface area contributed by atoms with Crippen molar-refractivity contribution >= 4 is 51.9 Å². The van der Waals surface area contributed by atoms with Gasteiger partial charge in [-0.25, -0.2) is 0 Å². The van der Waals surface area contributed by atoms with Crippen LogP contribution in [0.25, 0.3) is 6.08 Å². The van der Waals surface area contributed by atoms with Gasteiger partial charge in [0.15, 0.2) is 0 Å². The number of ether oxygens (including phenoxy) is 1. The number of carbonyl (C=O) groups is 2. The minimum Gasteiger partial charge on any atom is -0.489 e. The number of nitrogens with one attached hydrogen (secondary N) is 2. The topological polar surface area (TPSA) is 67.4 Å². The number of para-hydroxylation sites is 1. The van der Waals surface area contributed by atoms with Crippen LogP contribution in [0.2, 0.25) is 0 Å². The summed E-state index contributed by atoms with van der Waals surface area (Å²) in [6.07, 6.45) is 1.78. The van der Waals surface area contributed by atoms with Crippen molar-refractivity contribution in [1.29, 1.82) is 0 Å². The molecule has 7 heteroatoms. The summed E-state index contributed by atoms with van der Waals surface area (Å²) in [6.45, 7) is 0.282. The molecule has 0 radical (unpaired) electrons. The highest BCUT2D eigenvalue weighted by molar-refractivity contribution is 8.26. The number of rotatable bonds is 6. The lowest BCUT2D eigenvalue weighted by Gasteiger charge is -2.13. The number of benzene rings is 3. The van der Waals surface area contributed by atoms with Crippen molar-refractivity contribution in [2.75, 3.05) is 5.32 Å². The summed E-state index contributed by atoms with van der Waals surface area (Å²) in [5.41, 5.74) is 2.98. The molecule has 0 unspecified atom stereocenters. The van der Waals surface area contributed by atoms with Gasteiger partial charge in [-0.3, -0.25) is 9.59 Å². The van der Waals surface area contributed by atoms with Gasteiger partial charge < -0.3 is 15.4 Å². The molecule has 1 fully saturated rings. The minimum atomic E-state index is -0.190. The predicted octanol–water partition coefficient (Wildman–Crippen LogP) is 5.01. The molecular weight excluding hydrogens is 428 g/mol. The van der Waals surface area contributed by atoms with Gasteiger partial charge in [-0.15, -0.1) is 0 Å². The fourth-order valence-electron chi connectivity index (χ4n) is 2.98. The first-order valence-corrected chi connectivity index (χ1v) is 10.7. The van der Waals surface area contributed by atoms with Crippen LogP contribution in [0.15, 0.2) is 83.8 Å². The maximum Gasteiger partial charge on any atom is 0.263 e. The Bertz CT molecular complexity index is 1180. The maximum absolute atomic E-state index is 12.5. The molecule has 31 heavy (non-hydrogen) atoms. The lowest BCUT2D eigenvalue weighted by atomic mass is 10.1. The summed E-state index contributed by atoms with van der Waals surface area (Å²) in [5, 5.41) is 5.55. The van der Waals surface area contributed by atoms with E-state index in [-0.39, 0.29) is 18.4 Å². The van der Waals surface area contributed by atoms with Gasteiger partial charge in [0.05, 0.1) is 4.91 Å². The normalized spacial score (nSPS) is 14.4. The molecule has 2 N–H and O–H groups in total. The van der Waals surface area contributed by atoms with Crippen LogP contribution in [-0.2, 0) is 11.4 Å². The Morgan fingerprint density at radius 2 is 1.81 bits per heavy atom. The Balaban J connectivity index is 1.45. The highest BCUT2D eigenvalue weighted by atomic mass is 32.2. The van der Waals surface area contributed by atoms with Crippen molar-refractivity contribution in [1.82, 2.24) is 5.32 Å². The Labute approximate surface area is 189 Å². The number of carbonyl (C=O) groups excluding carboxylic acids is 2. The number of anilines is 1. The fourth-order valence-corrected chi connectivity index (χ4v) is 4.02. The summed E-state index contributed by atoms with van der Waals surface area (Å²) in [4.78, 5) is 24.9. The molecule has 1 heterocycles. The number of amides is 2. The third kappa shape index (κ3) is 5.39. The maximum atomic E-state index is 12.5. The minimum absolute atomic E-state index is 0.174. The highest BCUT2D eigenvalue weighted by Gasteiger charge is 2.21. The molecular formula is C24H18N2O3S2. The predicted molar refractivity (Wildman–Crippen MR) is 128 cm³/mol. The van der Waals surface area contributed by atoms with Crippen molar-refractivity contribution in [2.45, 2.75) is 6.61 Å². The van der Waals surface area contributed by atoms with E-state index in [1.54, 1.807) is 18.2 Å². The standard InChI is InChI=1S/C24H18N2O3S2/c27-22(17-8-2-1-3-9-17)25-20-12-5-4-10-18(20)15-29-19-11-6-7-16(13-19)14-21-23(28)26-24(30)31-21/h1-14H,15H2,(H,25,27)(H,26,28,30). The summed E-state index contributed by atoms with van der Waals surface area (Å²) in [7, 11) is 0. The molecule has 0 spiro atoms. The van der Waals surface area contributed by atoms with E-state index in [4.69, 9.17) is 17.0 Å². The average molecular weight is 447 g/mol. The Morgan fingerprint density at radius 1 is 1.03 bits per heavy atom. The van der Waals surface area contributed by atoms with Gasteiger partial charge >= 0.3 is 0 Å². The number of hydrogen-bond acceptors (Lipinski definition) is 5. The molecule has 1 saturated heterocycles. The molecule has 1 aliphatic heterocycles. The Morgan fingerprint density at radius 3 is 2.58 bits per heavy atom. The molecule has 3 aromatic rings. The van der Waals surface area contributed by atoms with Crippen molar-refractivity contribution in [3.63, 3.8) is 0 Å². The number of hydrogen-bond donors (Lipinski definition) is 2. The van der Waals surface area contributed by atoms with Gasteiger partial charge in [0.2, 0.25) is 0 Å². The van der Waals surface area contributed by atoms with Gasteiger partial charge in [0.25, 0.3) is 11.8 Å².